The van der Waals surface area contributed by atoms with Crippen molar-refractivity contribution in [3.63, 3.8) is 0 Å². The molecule has 0 saturated carbocycles. The summed E-state index contributed by atoms with van der Waals surface area (Å²) in [6, 6.07) is 2.43. The number of benzene rings is 1. The van der Waals surface area contributed by atoms with E-state index in [0.717, 1.165) is 0 Å². The molecule has 1 aromatic carbocycles. The van der Waals surface area contributed by atoms with Gasteiger partial charge >= 0.3 is 0 Å². The number of halogens is 3. The molecule has 0 unspecified atom stereocenters. The van der Waals surface area contributed by atoms with Gasteiger partial charge in [0.05, 0.1) is 5.69 Å². The minimum Gasteiger partial charge on any atom is -0.297 e. The molecule has 2 aromatic rings. The molecular weight excluding hydrogens is 247 g/mol. The summed E-state index contributed by atoms with van der Waals surface area (Å²) in [6.45, 7) is 0. The number of nitrogens with zero attached hydrogens (tertiary/aromatic N) is 2. The Morgan fingerprint density at radius 2 is 1.83 bits per heavy atom. The minimum atomic E-state index is -1.28. The molecule has 7 heteroatoms. The molecule has 0 aliphatic heterocycles. The molecular formula is C11H6F3N3O. The summed E-state index contributed by atoms with van der Waals surface area (Å²) >= 11 is 0. The second-order valence-corrected chi connectivity index (χ2v) is 3.27. The zero-order valence-corrected chi connectivity index (χ0v) is 8.82. The molecule has 1 heterocycles. The lowest BCUT2D eigenvalue weighted by Crippen LogP contribution is -2.01. The third kappa shape index (κ3) is 2.29. The molecule has 0 radical (unpaired) electrons. The van der Waals surface area contributed by atoms with E-state index in [1.165, 1.54) is 12.3 Å². The Bertz CT molecular complexity index is 604. The van der Waals surface area contributed by atoms with E-state index in [4.69, 9.17) is 0 Å². The Balaban J connectivity index is 2.51. The van der Waals surface area contributed by atoms with Crippen molar-refractivity contribution in [1.82, 2.24) is 9.97 Å². The molecule has 1 aromatic heterocycles. The second kappa shape index (κ2) is 4.82. The summed E-state index contributed by atoms with van der Waals surface area (Å²) in [6.07, 6.45) is 1.61. The Labute approximate surface area is 99.5 Å². The zero-order valence-electron chi connectivity index (χ0n) is 8.82. The molecule has 0 atom stereocenters. The molecule has 1 N–H and O–H groups in total. The van der Waals surface area contributed by atoms with Gasteiger partial charge in [-0.1, -0.05) is 0 Å². The van der Waals surface area contributed by atoms with E-state index in [-0.39, 0.29) is 17.2 Å². The van der Waals surface area contributed by atoms with Crippen molar-refractivity contribution in [3.05, 3.63) is 41.8 Å². The van der Waals surface area contributed by atoms with Gasteiger partial charge in [0.1, 0.15) is 5.82 Å². The number of amides is 1. The van der Waals surface area contributed by atoms with Crippen molar-refractivity contribution < 1.29 is 18.0 Å². The smallest absolute Gasteiger partial charge is 0.229 e. The molecule has 0 spiro atoms. The summed E-state index contributed by atoms with van der Waals surface area (Å²) in [4.78, 5) is 17.7. The van der Waals surface area contributed by atoms with E-state index in [2.05, 4.69) is 15.3 Å². The number of aromatic nitrogens is 2. The normalized spacial score (nSPS) is 10.2. The molecule has 92 valence electrons. The van der Waals surface area contributed by atoms with Crippen LogP contribution >= 0.6 is 0 Å². The maximum absolute atomic E-state index is 13.5. The Morgan fingerprint density at radius 3 is 2.56 bits per heavy atom. The number of carbonyl (C=O) groups is 1. The van der Waals surface area contributed by atoms with Gasteiger partial charge in [-0.2, -0.15) is 0 Å². The Hall–Kier alpha value is -2.44. The monoisotopic (exact) mass is 253 g/mol. The second-order valence-electron chi connectivity index (χ2n) is 3.27. The van der Waals surface area contributed by atoms with E-state index >= 15 is 0 Å². The van der Waals surface area contributed by atoms with Gasteiger partial charge < -0.3 is 0 Å². The van der Waals surface area contributed by atoms with Crippen molar-refractivity contribution in [2.75, 3.05) is 5.32 Å². The van der Waals surface area contributed by atoms with Crippen LogP contribution in [-0.4, -0.2) is 16.4 Å². The third-order valence-corrected chi connectivity index (χ3v) is 2.13. The number of nitrogens with one attached hydrogen (secondary N) is 1. The van der Waals surface area contributed by atoms with Crippen LogP contribution in [0.5, 0.6) is 0 Å². The van der Waals surface area contributed by atoms with Crippen LogP contribution in [0.4, 0.5) is 19.1 Å². The average molecular weight is 253 g/mol. The van der Waals surface area contributed by atoms with Crippen molar-refractivity contribution in [3.8, 4) is 11.3 Å². The van der Waals surface area contributed by atoms with Crippen molar-refractivity contribution in [1.29, 1.82) is 0 Å². The number of hydrogen-bond donors (Lipinski definition) is 1. The first-order valence-corrected chi connectivity index (χ1v) is 4.80. The third-order valence-electron chi connectivity index (χ3n) is 2.13. The van der Waals surface area contributed by atoms with E-state index < -0.39 is 17.5 Å². The van der Waals surface area contributed by atoms with Crippen LogP contribution in [-0.2, 0) is 4.79 Å². The fourth-order valence-electron chi connectivity index (χ4n) is 1.35. The molecule has 18 heavy (non-hydrogen) atoms. The fourth-order valence-corrected chi connectivity index (χ4v) is 1.35. The zero-order chi connectivity index (χ0) is 13.1. The lowest BCUT2D eigenvalue weighted by atomic mass is 10.1. The van der Waals surface area contributed by atoms with Gasteiger partial charge in [0.2, 0.25) is 12.4 Å². The quantitative estimate of drug-likeness (QED) is 0.673. The van der Waals surface area contributed by atoms with Crippen molar-refractivity contribution >= 4 is 12.4 Å². The molecule has 0 aliphatic carbocycles. The van der Waals surface area contributed by atoms with Crippen LogP contribution in [0.1, 0.15) is 0 Å². The number of hydrogen-bond acceptors (Lipinski definition) is 3. The minimum absolute atomic E-state index is 0.0331. The predicted molar refractivity (Wildman–Crippen MR) is 57.0 cm³/mol. The molecule has 2 rings (SSSR count). The summed E-state index contributed by atoms with van der Waals surface area (Å²) in [7, 11) is 0. The van der Waals surface area contributed by atoms with E-state index in [9.17, 15) is 18.0 Å². The summed E-state index contributed by atoms with van der Waals surface area (Å²) < 4.78 is 39.3. The van der Waals surface area contributed by atoms with E-state index in [1.54, 1.807) is 0 Å². The molecule has 0 fully saturated rings. The SMILES string of the molecule is O=CNc1nccc(-c2cc(F)c(F)cc2F)n1. The van der Waals surface area contributed by atoms with Crippen LogP contribution in [0.2, 0.25) is 0 Å². The van der Waals surface area contributed by atoms with Crippen LogP contribution in [0, 0.1) is 17.5 Å². The van der Waals surface area contributed by atoms with Crippen LogP contribution in [0.3, 0.4) is 0 Å². The highest BCUT2D eigenvalue weighted by molar-refractivity contribution is 5.68. The van der Waals surface area contributed by atoms with Crippen molar-refractivity contribution in [2.45, 2.75) is 0 Å². The first-order valence-electron chi connectivity index (χ1n) is 4.80. The predicted octanol–water partition coefficient (Wildman–Crippen LogP) is 2.13. The molecule has 0 saturated heterocycles. The van der Waals surface area contributed by atoms with E-state index in [1.807, 2.05) is 0 Å². The maximum Gasteiger partial charge on any atom is 0.229 e. The van der Waals surface area contributed by atoms with Crippen LogP contribution in [0.25, 0.3) is 11.3 Å². The molecule has 0 bridgehead atoms. The lowest BCUT2D eigenvalue weighted by Gasteiger charge is -2.05. The highest BCUT2D eigenvalue weighted by atomic mass is 19.2. The van der Waals surface area contributed by atoms with Gasteiger partial charge in [-0.3, -0.25) is 10.1 Å². The first-order chi connectivity index (χ1) is 8.61. The maximum atomic E-state index is 13.5. The fraction of sp³-hybridized carbons (Fsp3) is 0. The standard InChI is InChI=1S/C11H6F3N3O/c12-7-4-9(14)8(13)3-6(7)10-1-2-15-11(17-10)16-5-18/h1-5H,(H,15,16,17,18). The molecule has 1 amide bonds. The average Bonchev–Trinajstić information content (AvgIpc) is 2.34. The number of carbonyl (C=O) groups excluding carboxylic acids is 1. The van der Waals surface area contributed by atoms with Crippen LogP contribution < -0.4 is 5.32 Å². The Morgan fingerprint density at radius 1 is 1.11 bits per heavy atom. The number of anilines is 1. The highest BCUT2D eigenvalue weighted by Gasteiger charge is 2.13. The molecule has 0 aliphatic rings. The summed E-state index contributed by atoms with van der Waals surface area (Å²) in [5.74, 6) is -3.48. The largest absolute Gasteiger partial charge is 0.297 e. The topological polar surface area (TPSA) is 54.9 Å². The van der Waals surface area contributed by atoms with Gasteiger partial charge in [0.25, 0.3) is 0 Å². The van der Waals surface area contributed by atoms with Gasteiger partial charge in [-0.15, -0.1) is 0 Å². The summed E-state index contributed by atoms with van der Waals surface area (Å²) in [5, 5.41) is 2.17. The molecule has 4 nitrogen and oxygen atoms in total. The van der Waals surface area contributed by atoms with E-state index in [0.29, 0.717) is 18.5 Å². The van der Waals surface area contributed by atoms with Crippen molar-refractivity contribution in [2.24, 2.45) is 0 Å². The van der Waals surface area contributed by atoms with Gasteiger partial charge in [-0.05, 0) is 12.1 Å². The van der Waals surface area contributed by atoms with Gasteiger partial charge in [0.15, 0.2) is 11.6 Å². The lowest BCUT2D eigenvalue weighted by molar-refractivity contribution is -0.105. The highest BCUT2D eigenvalue weighted by Crippen LogP contribution is 2.23. The van der Waals surface area contributed by atoms with Gasteiger partial charge in [0, 0.05) is 17.8 Å². The first kappa shape index (κ1) is 12.0. The summed E-state index contributed by atoms with van der Waals surface area (Å²) in [5.41, 5.74) is -0.184. The Kier molecular flexibility index (Phi) is 3.22. The number of rotatable bonds is 3. The van der Waals surface area contributed by atoms with Gasteiger partial charge in [-0.25, -0.2) is 23.1 Å². The van der Waals surface area contributed by atoms with Crippen LogP contribution in [0.15, 0.2) is 24.4 Å².